The van der Waals surface area contributed by atoms with Crippen molar-refractivity contribution in [3.8, 4) is 22.8 Å². The highest BCUT2D eigenvalue weighted by atomic mass is 32.2. The fraction of sp³-hybridized carbons (Fsp3) is 0.429. The van der Waals surface area contributed by atoms with Gasteiger partial charge in [-0.2, -0.15) is 0 Å². The summed E-state index contributed by atoms with van der Waals surface area (Å²) in [6.45, 7) is 6.81. The zero-order valence-corrected chi connectivity index (χ0v) is 33.5. The molecule has 0 spiro atoms. The van der Waals surface area contributed by atoms with Gasteiger partial charge in [-0.05, 0) is 63.2 Å². The first-order chi connectivity index (χ1) is 28.2. The summed E-state index contributed by atoms with van der Waals surface area (Å²) < 4.78 is 39.9. The Balaban J connectivity index is 1.21. The number of fused-ring (bicyclic) bond motifs is 1. The van der Waals surface area contributed by atoms with E-state index >= 15 is 0 Å². The first-order valence-corrected chi connectivity index (χ1v) is 21.3. The van der Waals surface area contributed by atoms with Crippen LogP contribution in [0, 0.1) is 5.92 Å². The molecule has 4 aliphatic rings. The van der Waals surface area contributed by atoms with Crippen LogP contribution >= 0.6 is 0 Å². The Kier molecular flexibility index (Phi) is 11.7. The number of pyridine rings is 1. The molecule has 1 aromatic heterocycles. The number of benzene rings is 2. The highest BCUT2D eigenvalue weighted by Gasteiger charge is 2.62. The number of phenolic OH excluding ortho intramolecular Hbond substituents is 1. The summed E-state index contributed by atoms with van der Waals surface area (Å²) in [6, 6.07) is 13.0. The average molecular weight is 829 g/mol. The Morgan fingerprint density at radius 3 is 2.42 bits per heavy atom. The molecule has 0 unspecified atom stereocenters. The summed E-state index contributed by atoms with van der Waals surface area (Å²) in [5, 5.41) is 15.6. The third-order valence-electron chi connectivity index (χ3n) is 11.4. The van der Waals surface area contributed by atoms with Crippen LogP contribution in [0.15, 0.2) is 79.9 Å². The van der Waals surface area contributed by atoms with E-state index in [2.05, 4.69) is 28.5 Å². The molecule has 5 amide bonds. The first kappa shape index (κ1) is 41.2. The molecule has 59 heavy (non-hydrogen) atoms. The number of phenols is 1. The molecule has 3 saturated carbocycles. The molecule has 312 valence electrons. The maximum Gasteiger partial charge on any atom is 0.408 e. The van der Waals surface area contributed by atoms with Gasteiger partial charge in [-0.3, -0.25) is 23.9 Å². The average Bonchev–Trinajstić information content (AvgIpc) is 4.10. The van der Waals surface area contributed by atoms with Crippen molar-refractivity contribution in [2.75, 3.05) is 20.1 Å². The molecule has 7 rings (SSSR count). The number of aromatic nitrogens is 1. The number of hydrogen-bond acceptors (Lipinski definition) is 11. The van der Waals surface area contributed by atoms with Crippen molar-refractivity contribution in [3.63, 3.8) is 0 Å². The number of likely N-dealkylation sites (tertiary alicyclic amines) is 1. The van der Waals surface area contributed by atoms with Crippen LogP contribution < -0.4 is 20.1 Å². The van der Waals surface area contributed by atoms with E-state index in [4.69, 9.17) is 14.5 Å². The smallest absolute Gasteiger partial charge is 0.408 e. The van der Waals surface area contributed by atoms with Crippen LogP contribution in [0.25, 0.3) is 22.2 Å². The number of nitrogens with zero attached hydrogens (tertiary/aromatic N) is 3. The predicted octanol–water partition coefficient (Wildman–Crippen LogP) is 3.31. The van der Waals surface area contributed by atoms with Crippen molar-refractivity contribution in [1.82, 2.24) is 30.1 Å². The van der Waals surface area contributed by atoms with E-state index in [1.165, 1.54) is 35.1 Å². The molecule has 0 radical (unpaired) electrons. The van der Waals surface area contributed by atoms with E-state index in [0.717, 1.165) is 24.5 Å². The third kappa shape index (κ3) is 9.04. The van der Waals surface area contributed by atoms with Crippen molar-refractivity contribution >= 4 is 50.6 Å². The molecule has 0 bridgehead atoms. The number of aromatic hydroxyl groups is 1. The molecule has 5 atom stereocenters. The minimum absolute atomic E-state index is 0.0127. The standard InChI is InChI=1S/C42H48N6O10S/c1-4-26-22-42(26,40(53)46-59(55,56)30-16-17-30)45-38(51)35-20-29(57-36-21-32(25-11-7-6-8-12-25)43-33-19-27(49)15-18-31(33)36)23-48(35)39(52)34(24-47(3)37(50)5-2)44-41(54)58-28-13-9-10-14-28/h4-8,11-12,15,18-19,21,26,28-30,34-35,49H,1-2,9-10,13-14,16-17,20,22-24H2,3H3,(H,44,54)(H,45,51)(H,46,53)/t26-,29-,34+,35+,42-/m1/s1. The van der Waals surface area contributed by atoms with Gasteiger partial charge < -0.3 is 35.0 Å². The van der Waals surface area contributed by atoms with Crippen LogP contribution in [0.2, 0.25) is 0 Å². The molecule has 4 fully saturated rings. The van der Waals surface area contributed by atoms with E-state index in [1.807, 2.05) is 30.3 Å². The third-order valence-corrected chi connectivity index (χ3v) is 13.2. The number of carbonyl (C=O) groups excluding carboxylic acids is 5. The minimum Gasteiger partial charge on any atom is -0.508 e. The number of ether oxygens (including phenoxy) is 2. The van der Waals surface area contributed by atoms with Crippen LogP contribution in [-0.4, -0.2) is 113 Å². The maximum absolute atomic E-state index is 14.7. The Bertz CT molecular complexity index is 2280. The second-order valence-corrected chi connectivity index (χ2v) is 17.6. The number of likely N-dealkylation sites (N-methyl/N-ethyl adjacent to an activating group) is 1. The lowest BCUT2D eigenvalue weighted by Gasteiger charge is -2.31. The van der Waals surface area contributed by atoms with Gasteiger partial charge in [0, 0.05) is 42.5 Å². The maximum atomic E-state index is 14.7. The molecule has 4 N–H and O–H groups in total. The number of carbonyl (C=O) groups is 5. The van der Waals surface area contributed by atoms with E-state index in [1.54, 1.807) is 12.1 Å². The summed E-state index contributed by atoms with van der Waals surface area (Å²) in [5.74, 6) is -3.16. The summed E-state index contributed by atoms with van der Waals surface area (Å²) in [7, 11) is -2.53. The van der Waals surface area contributed by atoms with Gasteiger partial charge in [0.25, 0.3) is 5.91 Å². The lowest BCUT2D eigenvalue weighted by atomic mass is 10.1. The van der Waals surface area contributed by atoms with E-state index < -0.39 is 74.6 Å². The fourth-order valence-corrected chi connectivity index (χ4v) is 9.22. The van der Waals surface area contributed by atoms with Crippen molar-refractivity contribution in [3.05, 3.63) is 79.9 Å². The van der Waals surface area contributed by atoms with Gasteiger partial charge in [0.1, 0.15) is 41.3 Å². The van der Waals surface area contributed by atoms with Crippen molar-refractivity contribution in [2.45, 2.75) is 86.4 Å². The SMILES string of the molecule is C=CC(=O)N(C)C[C@H](NC(=O)OC1CCCC1)C(=O)N1C[C@H](Oc2cc(-c3ccccc3)nc3cc(O)ccc23)C[C@H]1C(=O)N[C@]1(C(=O)NS(=O)(=O)C2CC2)C[C@H]1C=C. The second-order valence-electron chi connectivity index (χ2n) is 15.7. The zero-order chi connectivity index (χ0) is 42.1. The molecule has 3 aromatic rings. The largest absolute Gasteiger partial charge is 0.508 e. The number of hydrogen-bond donors (Lipinski definition) is 4. The van der Waals surface area contributed by atoms with Gasteiger partial charge in [0.05, 0.1) is 29.6 Å². The summed E-state index contributed by atoms with van der Waals surface area (Å²) >= 11 is 0. The van der Waals surface area contributed by atoms with Crippen LogP contribution in [0.4, 0.5) is 4.79 Å². The minimum atomic E-state index is -3.96. The molecule has 16 nitrogen and oxygen atoms in total. The number of amides is 5. The molecular weight excluding hydrogens is 781 g/mol. The summed E-state index contributed by atoms with van der Waals surface area (Å²) in [6.07, 6.45) is 4.47. The second kappa shape index (κ2) is 16.7. The molecule has 17 heteroatoms. The van der Waals surface area contributed by atoms with E-state index in [-0.39, 0.29) is 37.8 Å². The number of sulfonamides is 1. The Hall–Kier alpha value is -5.97. The molecule has 2 heterocycles. The monoisotopic (exact) mass is 828 g/mol. The summed E-state index contributed by atoms with van der Waals surface area (Å²) in [4.78, 5) is 75.8. The van der Waals surface area contributed by atoms with E-state index in [0.29, 0.717) is 48.0 Å². The summed E-state index contributed by atoms with van der Waals surface area (Å²) in [5.41, 5.74) is 0.104. The van der Waals surface area contributed by atoms with Gasteiger partial charge in [0.15, 0.2) is 0 Å². The van der Waals surface area contributed by atoms with Crippen LogP contribution in [0.1, 0.15) is 51.4 Å². The lowest BCUT2D eigenvalue weighted by molar-refractivity contribution is -0.141. The fourth-order valence-electron chi connectivity index (χ4n) is 7.85. The predicted molar refractivity (Wildman–Crippen MR) is 216 cm³/mol. The lowest BCUT2D eigenvalue weighted by Crippen LogP contribution is -2.59. The van der Waals surface area contributed by atoms with E-state index in [9.17, 15) is 37.5 Å². The highest BCUT2D eigenvalue weighted by molar-refractivity contribution is 7.91. The Labute approximate surface area is 342 Å². The molecule has 1 saturated heterocycles. The highest BCUT2D eigenvalue weighted by Crippen LogP contribution is 2.45. The molecule has 3 aliphatic carbocycles. The van der Waals surface area contributed by atoms with Gasteiger partial charge in [-0.1, -0.05) is 43.0 Å². The Morgan fingerprint density at radius 1 is 1.03 bits per heavy atom. The Morgan fingerprint density at radius 2 is 1.76 bits per heavy atom. The number of alkyl carbamates (subject to hydrolysis) is 1. The quantitative estimate of drug-likeness (QED) is 0.129. The van der Waals surface area contributed by atoms with Gasteiger partial charge in [-0.25, -0.2) is 18.2 Å². The van der Waals surface area contributed by atoms with Crippen molar-refractivity contribution in [2.24, 2.45) is 5.92 Å². The van der Waals surface area contributed by atoms with Crippen molar-refractivity contribution in [1.29, 1.82) is 0 Å². The number of nitrogens with one attached hydrogen (secondary N) is 3. The topological polar surface area (TPSA) is 214 Å². The van der Waals surface area contributed by atoms with Gasteiger partial charge >= 0.3 is 6.09 Å². The molecular formula is C42H48N6O10S. The first-order valence-electron chi connectivity index (χ1n) is 19.7. The van der Waals surface area contributed by atoms with Gasteiger partial charge in [0.2, 0.25) is 27.7 Å². The zero-order valence-electron chi connectivity index (χ0n) is 32.7. The van der Waals surface area contributed by atoms with Crippen molar-refractivity contribution < 1.29 is 47.0 Å². The normalized spacial score (nSPS) is 23.1. The van der Waals surface area contributed by atoms with Gasteiger partial charge in [-0.15, -0.1) is 6.58 Å². The molecule has 2 aromatic carbocycles. The van der Waals surface area contributed by atoms with Crippen LogP contribution in [0.3, 0.4) is 0 Å². The van der Waals surface area contributed by atoms with Crippen LogP contribution in [-0.2, 0) is 33.9 Å². The number of rotatable bonds is 15. The van der Waals surface area contributed by atoms with Crippen LogP contribution in [0.5, 0.6) is 11.5 Å². The molecule has 1 aliphatic heterocycles.